The molecule has 0 aliphatic carbocycles. The predicted octanol–water partition coefficient (Wildman–Crippen LogP) is 4.21. The van der Waals surface area contributed by atoms with Gasteiger partial charge in [-0.2, -0.15) is 5.11 Å². The van der Waals surface area contributed by atoms with Gasteiger partial charge in [0, 0.05) is 0 Å². The second-order valence-electron chi connectivity index (χ2n) is 4.39. The molecule has 0 aromatic heterocycles. The summed E-state index contributed by atoms with van der Waals surface area (Å²) in [4.78, 5) is 10.6. The van der Waals surface area contributed by atoms with E-state index in [0.29, 0.717) is 11.3 Å². The van der Waals surface area contributed by atoms with Crippen molar-refractivity contribution in [1.29, 1.82) is 0 Å². The zero-order valence-electron chi connectivity index (χ0n) is 11.2. The fourth-order valence-corrected chi connectivity index (χ4v) is 1.78. The van der Waals surface area contributed by atoms with Gasteiger partial charge in [0.15, 0.2) is 5.69 Å². The smallest absolute Gasteiger partial charge is 0.319 e. The molecule has 0 bridgehead atoms. The van der Waals surface area contributed by atoms with E-state index in [9.17, 15) is 10.1 Å². The van der Waals surface area contributed by atoms with Gasteiger partial charge in [-0.1, -0.05) is 18.2 Å². The van der Waals surface area contributed by atoms with Crippen LogP contribution in [0.25, 0.3) is 0 Å². The molecule has 0 saturated heterocycles. The molecule has 2 N–H and O–H groups in total. The highest BCUT2D eigenvalue weighted by molar-refractivity contribution is 5.76. The molecular weight excluding hydrogens is 256 g/mol. The Morgan fingerprint density at radius 1 is 1.15 bits per heavy atom. The molecule has 6 nitrogen and oxygen atoms in total. The molecular formula is C14H14N4O2. The van der Waals surface area contributed by atoms with Gasteiger partial charge in [0.2, 0.25) is 0 Å². The van der Waals surface area contributed by atoms with Crippen molar-refractivity contribution >= 4 is 22.7 Å². The number of azo groups is 1. The van der Waals surface area contributed by atoms with Crippen LogP contribution in [0, 0.1) is 24.0 Å². The Labute approximate surface area is 116 Å². The number of nitro groups is 1. The average molecular weight is 270 g/mol. The first-order valence-corrected chi connectivity index (χ1v) is 6.01. The second kappa shape index (κ2) is 5.48. The van der Waals surface area contributed by atoms with E-state index < -0.39 is 4.92 Å². The van der Waals surface area contributed by atoms with E-state index in [1.165, 1.54) is 0 Å². The van der Waals surface area contributed by atoms with Crippen LogP contribution in [0.15, 0.2) is 46.6 Å². The van der Waals surface area contributed by atoms with E-state index >= 15 is 0 Å². The average Bonchev–Trinajstić information content (AvgIpc) is 2.43. The zero-order chi connectivity index (χ0) is 14.7. The molecule has 6 heteroatoms. The third kappa shape index (κ3) is 2.64. The number of anilines is 1. The first kappa shape index (κ1) is 13.7. The molecule has 0 amide bonds. The zero-order valence-corrected chi connectivity index (χ0v) is 11.2. The van der Waals surface area contributed by atoms with Crippen molar-refractivity contribution in [3.05, 3.63) is 57.6 Å². The van der Waals surface area contributed by atoms with Crippen LogP contribution in [-0.2, 0) is 0 Å². The van der Waals surface area contributed by atoms with E-state index in [1.807, 2.05) is 25.1 Å². The van der Waals surface area contributed by atoms with Gasteiger partial charge >= 0.3 is 5.69 Å². The lowest BCUT2D eigenvalue weighted by molar-refractivity contribution is -0.383. The molecule has 0 fully saturated rings. The number of nitro benzene ring substituents is 1. The molecule has 0 aliphatic rings. The lowest BCUT2D eigenvalue weighted by Crippen LogP contribution is -2.00. The van der Waals surface area contributed by atoms with Gasteiger partial charge < -0.3 is 5.73 Å². The predicted molar refractivity (Wildman–Crippen MR) is 77.6 cm³/mol. The molecule has 102 valence electrons. The van der Waals surface area contributed by atoms with Gasteiger partial charge in [0.05, 0.1) is 10.6 Å². The van der Waals surface area contributed by atoms with E-state index in [4.69, 9.17) is 5.73 Å². The summed E-state index contributed by atoms with van der Waals surface area (Å²) >= 11 is 0. The maximum absolute atomic E-state index is 11.1. The Hall–Kier alpha value is -2.76. The number of rotatable bonds is 3. The summed E-state index contributed by atoms with van der Waals surface area (Å²) in [5.74, 6) is 0. The van der Waals surface area contributed by atoms with Crippen molar-refractivity contribution in [2.75, 3.05) is 5.73 Å². The SMILES string of the molecule is Cc1cc(N=Nc2ccccc2)c([N+](=O)[O-])c(N)c1C. The number of nitrogens with zero attached hydrogens (tertiary/aromatic N) is 3. The Morgan fingerprint density at radius 2 is 1.80 bits per heavy atom. The molecule has 20 heavy (non-hydrogen) atoms. The van der Waals surface area contributed by atoms with Gasteiger partial charge in [-0.25, -0.2) is 0 Å². The summed E-state index contributed by atoms with van der Waals surface area (Å²) in [6, 6.07) is 10.6. The monoisotopic (exact) mass is 270 g/mol. The molecule has 0 atom stereocenters. The highest BCUT2D eigenvalue weighted by Gasteiger charge is 2.21. The summed E-state index contributed by atoms with van der Waals surface area (Å²) in [6.07, 6.45) is 0. The van der Waals surface area contributed by atoms with Gasteiger partial charge in [-0.15, -0.1) is 5.11 Å². The molecule has 0 saturated carbocycles. The Morgan fingerprint density at radius 3 is 2.40 bits per heavy atom. The maximum Gasteiger partial charge on any atom is 0.319 e. The summed E-state index contributed by atoms with van der Waals surface area (Å²) in [7, 11) is 0. The van der Waals surface area contributed by atoms with Crippen molar-refractivity contribution < 1.29 is 4.92 Å². The molecule has 0 unspecified atom stereocenters. The van der Waals surface area contributed by atoms with Crippen molar-refractivity contribution in [3.8, 4) is 0 Å². The number of hydrogen-bond acceptors (Lipinski definition) is 5. The minimum Gasteiger partial charge on any atom is -0.393 e. The highest BCUT2D eigenvalue weighted by Crippen LogP contribution is 2.38. The fourth-order valence-electron chi connectivity index (χ4n) is 1.78. The Bertz CT molecular complexity index is 681. The van der Waals surface area contributed by atoms with Crippen molar-refractivity contribution in [1.82, 2.24) is 0 Å². The van der Waals surface area contributed by atoms with E-state index in [1.54, 1.807) is 25.1 Å². The van der Waals surface area contributed by atoms with Crippen LogP contribution in [0.2, 0.25) is 0 Å². The Kier molecular flexibility index (Phi) is 3.74. The first-order chi connectivity index (χ1) is 9.50. The second-order valence-corrected chi connectivity index (χ2v) is 4.39. The van der Waals surface area contributed by atoms with E-state index in [-0.39, 0.29) is 17.1 Å². The molecule has 2 aromatic carbocycles. The van der Waals surface area contributed by atoms with Gasteiger partial charge in [-0.05, 0) is 43.2 Å². The summed E-state index contributed by atoms with van der Waals surface area (Å²) in [5.41, 5.74) is 8.07. The summed E-state index contributed by atoms with van der Waals surface area (Å²) in [5, 5.41) is 19.1. The molecule has 0 aliphatic heterocycles. The summed E-state index contributed by atoms with van der Waals surface area (Å²) < 4.78 is 0. The van der Waals surface area contributed by atoms with Gasteiger partial charge in [-0.3, -0.25) is 10.1 Å². The quantitative estimate of drug-likeness (QED) is 0.391. The van der Waals surface area contributed by atoms with Crippen LogP contribution in [0.1, 0.15) is 11.1 Å². The van der Waals surface area contributed by atoms with Gasteiger partial charge in [0.25, 0.3) is 0 Å². The van der Waals surface area contributed by atoms with Crippen LogP contribution in [0.4, 0.5) is 22.7 Å². The van der Waals surface area contributed by atoms with Crippen LogP contribution >= 0.6 is 0 Å². The number of nitrogen functional groups attached to an aromatic ring is 1. The third-order valence-electron chi connectivity index (χ3n) is 3.06. The molecule has 0 heterocycles. The minimum absolute atomic E-state index is 0.136. The van der Waals surface area contributed by atoms with Crippen LogP contribution in [0.5, 0.6) is 0 Å². The van der Waals surface area contributed by atoms with Crippen molar-refractivity contribution in [2.45, 2.75) is 13.8 Å². The molecule has 2 aromatic rings. The molecule has 0 radical (unpaired) electrons. The molecule has 2 rings (SSSR count). The molecule has 0 spiro atoms. The van der Waals surface area contributed by atoms with E-state index in [0.717, 1.165) is 5.56 Å². The van der Waals surface area contributed by atoms with Crippen molar-refractivity contribution in [3.63, 3.8) is 0 Å². The third-order valence-corrected chi connectivity index (χ3v) is 3.06. The number of aryl methyl sites for hydroxylation is 1. The minimum atomic E-state index is -0.527. The standard InChI is InChI=1S/C14H14N4O2/c1-9-8-12(14(18(19)20)13(15)10(9)2)17-16-11-6-4-3-5-7-11/h3-8H,15H2,1-2H3. The van der Waals surface area contributed by atoms with Gasteiger partial charge in [0.1, 0.15) is 5.69 Å². The largest absolute Gasteiger partial charge is 0.393 e. The number of benzene rings is 2. The normalized spacial score (nSPS) is 10.9. The van der Waals surface area contributed by atoms with Crippen molar-refractivity contribution in [2.24, 2.45) is 10.2 Å². The lowest BCUT2D eigenvalue weighted by Gasteiger charge is -2.07. The number of hydrogen-bond donors (Lipinski definition) is 1. The van der Waals surface area contributed by atoms with E-state index in [2.05, 4.69) is 10.2 Å². The number of nitrogens with two attached hydrogens (primary N) is 1. The lowest BCUT2D eigenvalue weighted by atomic mass is 10.1. The highest BCUT2D eigenvalue weighted by atomic mass is 16.6. The first-order valence-electron chi connectivity index (χ1n) is 6.01. The van der Waals surface area contributed by atoms with Crippen LogP contribution in [0.3, 0.4) is 0 Å². The topological polar surface area (TPSA) is 93.9 Å². The maximum atomic E-state index is 11.1. The van der Waals surface area contributed by atoms with Crippen LogP contribution in [-0.4, -0.2) is 4.92 Å². The fraction of sp³-hybridized carbons (Fsp3) is 0.143. The Balaban J connectivity index is 2.51. The van der Waals surface area contributed by atoms with Crippen LogP contribution < -0.4 is 5.73 Å². The summed E-state index contributed by atoms with van der Waals surface area (Å²) in [6.45, 7) is 3.58.